The molecule has 1 atom stereocenters. The van der Waals surface area contributed by atoms with Crippen molar-refractivity contribution in [3.63, 3.8) is 0 Å². The summed E-state index contributed by atoms with van der Waals surface area (Å²) in [4.78, 5) is 13.6. The van der Waals surface area contributed by atoms with E-state index >= 15 is 0 Å². The van der Waals surface area contributed by atoms with Gasteiger partial charge in [0.2, 0.25) is 5.95 Å². The Morgan fingerprint density at radius 1 is 1.10 bits per heavy atom. The van der Waals surface area contributed by atoms with Crippen LogP contribution in [0.2, 0.25) is 0 Å². The summed E-state index contributed by atoms with van der Waals surface area (Å²) in [5.74, 6) is 0.637. The fraction of sp³-hybridized carbons (Fsp3) is 0.500. The number of rotatable bonds is 7. The highest BCUT2D eigenvalue weighted by atomic mass is 35.5. The highest BCUT2D eigenvalue weighted by Gasteiger charge is 2.24. The van der Waals surface area contributed by atoms with Crippen LogP contribution in [0.5, 0.6) is 0 Å². The Balaban J connectivity index is 0.00000300. The van der Waals surface area contributed by atoms with Crippen LogP contribution in [0.25, 0.3) is 0 Å². The summed E-state index contributed by atoms with van der Waals surface area (Å²) in [5.41, 5.74) is 1.46. The zero-order valence-electron chi connectivity index (χ0n) is 17.2. The number of anilines is 2. The van der Waals surface area contributed by atoms with Crippen molar-refractivity contribution in [2.45, 2.75) is 44.6 Å². The van der Waals surface area contributed by atoms with Crippen LogP contribution in [0.4, 0.5) is 11.6 Å². The monoisotopic (exact) mass is 439 g/mol. The lowest BCUT2D eigenvalue weighted by atomic mass is 10.2. The number of halogens is 1. The molecule has 7 nitrogen and oxygen atoms in total. The first-order chi connectivity index (χ1) is 13.4. The minimum atomic E-state index is -3.65. The second kappa shape index (κ2) is 10.2. The summed E-state index contributed by atoms with van der Waals surface area (Å²) in [6, 6.07) is 7.34. The topological polar surface area (TPSA) is 78.4 Å². The molecular weight excluding hydrogens is 410 g/mol. The third-order valence-corrected chi connectivity index (χ3v) is 6.49. The molecule has 1 aromatic carbocycles. The van der Waals surface area contributed by atoms with Crippen molar-refractivity contribution in [1.29, 1.82) is 0 Å². The Morgan fingerprint density at radius 2 is 1.76 bits per heavy atom. The van der Waals surface area contributed by atoms with Crippen molar-refractivity contribution < 1.29 is 8.42 Å². The van der Waals surface area contributed by atoms with E-state index in [1.165, 1.54) is 12.4 Å². The molecule has 1 fully saturated rings. The van der Waals surface area contributed by atoms with Crippen molar-refractivity contribution in [3.05, 3.63) is 42.2 Å². The average Bonchev–Trinajstić information content (AvgIpc) is 2.70. The zero-order valence-corrected chi connectivity index (χ0v) is 18.8. The molecule has 1 aliphatic rings. The molecule has 0 amide bonds. The summed E-state index contributed by atoms with van der Waals surface area (Å²) in [5, 5.41) is 0. The van der Waals surface area contributed by atoms with E-state index in [0.717, 1.165) is 44.6 Å². The first kappa shape index (κ1) is 23.4. The molecule has 0 saturated carbocycles. The molecule has 2 heterocycles. The number of piperazine rings is 1. The molecule has 9 heteroatoms. The third kappa shape index (κ3) is 5.81. The van der Waals surface area contributed by atoms with E-state index in [1.807, 2.05) is 19.1 Å². The summed E-state index contributed by atoms with van der Waals surface area (Å²) < 4.78 is 27.6. The van der Waals surface area contributed by atoms with Gasteiger partial charge in [0.25, 0.3) is 10.0 Å². The first-order valence-electron chi connectivity index (χ1n) is 9.85. The highest BCUT2D eigenvalue weighted by Crippen LogP contribution is 2.19. The number of nitrogens with zero attached hydrogens (tertiary/aromatic N) is 4. The van der Waals surface area contributed by atoms with Crippen LogP contribution >= 0.6 is 12.4 Å². The smallest absolute Gasteiger partial charge is 0.261 e. The fourth-order valence-electron chi connectivity index (χ4n) is 3.45. The number of aryl methyl sites for hydroxylation is 1. The molecule has 0 aliphatic carbocycles. The Hall–Kier alpha value is -1.90. The summed E-state index contributed by atoms with van der Waals surface area (Å²) in [6.07, 6.45) is 5.08. The number of hydrogen-bond donors (Lipinski definition) is 1. The Labute approximate surface area is 180 Å². The van der Waals surface area contributed by atoms with E-state index in [0.29, 0.717) is 17.7 Å². The molecule has 1 saturated heterocycles. The van der Waals surface area contributed by atoms with Crippen molar-refractivity contribution in [1.82, 2.24) is 14.9 Å². The van der Waals surface area contributed by atoms with Gasteiger partial charge in [-0.05, 0) is 44.0 Å². The van der Waals surface area contributed by atoms with Crippen molar-refractivity contribution in [2.24, 2.45) is 0 Å². The number of hydrogen-bond acceptors (Lipinski definition) is 6. The first-order valence-corrected chi connectivity index (χ1v) is 11.3. The minimum absolute atomic E-state index is 0. The van der Waals surface area contributed by atoms with Crippen LogP contribution in [-0.4, -0.2) is 55.5 Å². The van der Waals surface area contributed by atoms with Gasteiger partial charge in [0.15, 0.2) is 0 Å². The van der Waals surface area contributed by atoms with Gasteiger partial charge in [-0.1, -0.05) is 26.0 Å². The lowest BCUT2D eigenvalue weighted by Gasteiger charge is -2.39. The summed E-state index contributed by atoms with van der Waals surface area (Å²) in [7, 11) is -3.65. The quantitative estimate of drug-likeness (QED) is 0.713. The van der Waals surface area contributed by atoms with Crippen LogP contribution in [0.3, 0.4) is 0 Å². The summed E-state index contributed by atoms with van der Waals surface area (Å²) >= 11 is 0. The van der Waals surface area contributed by atoms with E-state index < -0.39 is 10.0 Å². The molecule has 1 N–H and O–H groups in total. The van der Waals surface area contributed by atoms with Crippen LogP contribution in [0, 0.1) is 0 Å². The van der Waals surface area contributed by atoms with Crippen LogP contribution in [0.15, 0.2) is 41.6 Å². The molecule has 2 aromatic rings. The molecule has 0 radical (unpaired) electrons. The van der Waals surface area contributed by atoms with E-state index in [2.05, 4.69) is 38.3 Å². The van der Waals surface area contributed by atoms with E-state index in [9.17, 15) is 8.42 Å². The van der Waals surface area contributed by atoms with E-state index in [4.69, 9.17) is 0 Å². The Kier molecular flexibility index (Phi) is 8.24. The van der Waals surface area contributed by atoms with Gasteiger partial charge in [-0.15, -0.1) is 12.4 Å². The SMILES string of the molecule is CCCN1CCN(c2ncc(NS(=O)(=O)c3ccc(CC)cc3)cn2)C[C@@H]1C.Cl. The highest BCUT2D eigenvalue weighted by molar-refractivity contribution is 7.92. The molecule has 3 rings (SSSR count). The largest absolute Gasteiger partial charge is 0.338 e. The van der Waals surface area contributed by atoms with Gasteiger partial charge < -0.3 is 4.90 Å². The normalized spacial score (nSPS) is 17.6. The molecule has 1 aliphatic heterocycles. The Morgan fingerprint density at radius 3 is 2.31 bits per heavy atom. The van der Waals surface area contributed by atoms with Crippen molar-refractivity contribution in [3.8, 4) is 0 Å². The lowest BCUT2D eigenvalue weighted by Crippen LogP contribution is -2.52. The van der Waals surface area contributed by atoms with Gasteiger partial charge in [0, 0.05) is 25.7 Å². The molecule has 1 aromatic heterocycles. The minimum Gasteiger partial charge on any atom is -0.338 e. The molecule has 0 spiro atoms. The maximum Gasteiger partial charge on any atom is 0.261 e. The van der Waals surface area contributed by atoms with E-state index in [1.54, 1.807) is 12.1 Å². The van der Waals surface area contributed by atoms with Gasteiger partial charge in [-0.3, -0.25) is 9.62 Å². The van der Waals surface area contributed by atoms with E-state index in [-0.39, 0.29) is 17.3 Å². The van der Waals surface area contributed by atoms with Gasteiger partial charge >= 0.3 is 0 Å². The van der Waals surface area contributed by atoms with Crippen LogP contribution in [-0.2, 0) is 16.4 Å². The maximum absolute atomic E-state index is 12.5. The summed E-state index contributed by atoms with van der Waals surface area (Å²) in [6.45, 7) is 10.3. The van der Waals surface area contributed by atoms with Gasteiger partial charge in [0.1, 0.15) is 0 Å². The second-order valence-corrected chi connectivity index (χ2v) is 8.89. The number of sulfonamides is 1. The fourth-order valence-corrected chi connectivity index (χ4v) is 4.48. The number of benzene rings is 1. The standard InChI is InChI=1S/C20H29N5O2S.ClH/c1-4-10-24-11-12-25(15-16(24)3)20-21-13-18(14-22-20)23-28(26,27)19-8-6-17(5-2)7-9-19;/h6-9,13-14,16,23H,4-5,10-12,15H2,1-3H3;1H/t16-;/m0./s1. The number of aromatic nitrogens is 2. The zero-order chi connectivity index (χ0) is 20.1. The van der Waals surface area contributed by atoms with Gasteiger partial charge in [0.05, 0.1) is 23.0 Å². The van der Waals surface area contributed by atoms with Crippen LogP contribution < -0.4 is 9.62 Å². The van der Waals surface area contributed by atoms with Crippen molar-refractivity contribution in [2.75, 3.05) is 35.8 Å². The molecule has 0 bridgehead atoms. The molecular formula is C20H30ClN5O2S. The predicted molar refractivity (Wildman–Crippen MR) is 119 cm³/mol. The molecule has 29 heavy (non-hydrogen) atoms. The van der Waals surface area contributed by atoms with Gasteiger partial charge in [-0.25, -0.2) is 18.4 Å². The maximum atomic E-state index is 12.5. The Bertz CT molecular complexity index is 875. The van der Waals surface area contributed by atoms with Crippen molar-refractivity contribution >= 4 is 34.1 Å². The average molecular weight is 440 g/mol. The van der Waals surface area contributed by atoms with Crippen LogP contribution in [0.1, 0.15) is 32.8 Å². The second-order valence-electron chi connectivity index (χ2n) is 7.21. The lowest BCUT2D eigenvalue weighted by molar-refractivity contribution is 0.189. The predicted octanol–water partition coefficient (Wildman–Crippen LogP) is 3.18. The third-order valence-electron chi connectivity index (χ3n) is 5.09. The number of nitrogens with one attached hydrogen (secondary N) is 1. The van der Waals surface area contributed by atoms with Gasteiger partial charge in [-0.2, -0.15) is 0 Å². The molecule has 160 valence electrons. The molecule has 0 unspecified atom stereocenters.